The third-order valence-electron chi connectivity index (χ3n) is 8.03. The molecule has 6 heteroatoms. The minimum atomic E-state index is -0.215. The molecule has 1 fully saturated rings. The molecule has 2 aliphatic rings. The van der Waals surface area contributed by atoms with Gasteiger partial charge in [-0.2, -0.15) is 4.48 Å². The maximum absolute atomic E-state index is 13.7. The Labute approximate surface area is 219 Å². The van der Waals surface area contributed by atoms with Gasteiger partial charge >= 0.3 is 11.9 Å². The van der Waals surface area contributed by atoms with Crippen LogP contribution in [-0.4, -0.2) is 34.0 Å². The largest absolute Gasteiger partial charge is 0.428 e. The summed E-state index contributed by atoms with van der Waals surface area (Å²) in [6, 6.07) is 21.9. The first-order valence-electron chi connectivity index (χ1n) is 12.7. The Morgan fingerprint density at radius 3 is 2.67 bits per heavy atom. The molecule has 182 valence electrons. The Kier molecular flexibility index (Phi) is 5.81. The average Bonchev–Trinajstić information content (AvgIpc) is 3.45. The van der Waals surface area contributed by atoms with Gasteiger partial charge in [-0.25, -0.2) is 9.59 Å². The van der Waals surface area contributed by atoms with Crippen LogP contribution in [0.4, 0.5) is 10.5 Å². The number of aromatic nitrogens is 1. The Hall–Kier alpha value is -3.22. The van der Waals surface area contributed by atoms with E-state index < -0.39 is 0 Å². The number of nitrogens with zero attached hydrogens (tertiary/aromatic N) is 1. The number of benzene rings is 3. The minimum absolute atomic E-state index is 0.0319. The molecule has 5 nitrogen and oxygen atoms in total. The highest BCUT2D eigenvalue weighted by atomic mass is 79.9. The number of carbonyl (C=O) groups is 2. The molecular formula is C30H29BrN3O2+. The number of carbonyl (C=O) groups excluding carboxylic acids is 2. The Bertz CT molecular complexity index is 1490. The van der Waals surface area contributed by atoms with Gasteiger partial charge in [-0.3, -0.25) is 5.32 Å². The van der Waals surface area contributed by atoms with E-state index in [1.54, 1.807) is 0 Å². The molecular weight excluding hydrogens is 514 g/mol. The van der Waals surface area contributed by atoms with Gasteiger partial charge in [0, 0.05) is 45.2 Å². The Balaban J connectivity index is 1.28. The van der Waals surface area contributed by atoms with Crippen LogP contribution in [0.1, 0.15) is 36.5 Å². The molecule has 1 saturated heterocycles. The number of nitrogens with one attached hydrogen (secondary N) is 2. The van der Waals surface area contributed by atoms with Crippen LogP contribution in [0.5, 0.6) is 0 Å². The van der Waals surface area contributed by atoms with Crippen LogP contribution >= 0.6 is 15.9 Å². The fourth-order valence-corrected chi connectivity index (χ4v) is 6.45. The number of urea groups is 1. The molecule has 0 radical (unpaired) electrons. The van der Waals surface area contributed by atoms with Crippen molar-refractivity contribution in [3.8, 4) is 11.3 Å². The van der Waals surface area contributed by atoms with Crippen molar-refractivity contribution in [1.82, 2.24) is 4.98 Å². The number of aromatic amines is 1. The third kappa shape index (κ3) is 3.80. The number of imide groups is 1. The fourth-order valence-electron chi connectivity index (χ4n) is 6.09. The molecule has 0 saturated carbocycles. The lowest BCUT2D eigenvalue weighted by atomic mass is 9.89. The van der Waals surface area contributed by atoms with Crippen molar-refractivity contribution in [1.29, 1.82) is 0 Å². The lowest BCUT2D eigenvalue weighted by Gasteiger charge is -2.33. The standard InChI is InChI=1S/C30H28BrN3O2/c1-19-6-5-15-34(19,28(35)16-20-7-3-2-4-8-20)30(36)32-23-11-13-24-21(17-23)9-12-25-26-18-22(31)10-14-27(26)33-29(24)25/h2-4,7-8,10-11,13-14,17-19,33H,5-6,9,12,15-16H2,1H3/p+1/t19-,34?/m1/s1. The van der Waals surface area contributed by atoms with Crippen LogP contribution in [-0.2, 0) is 24.1 Å². The number of amides is 3. The number of halogens is 1. The highest BCUT2D eigenvalue weighted by molar-refractivity contribution is 9.10. The number of fused-ring (bicyclic) bond motifs is 5. The van der Waals surface area contributed by atoms with E-state index >= 15 is 0 Å². The monoisotopic (exact) mass is 542 g/mol. The van der Waals surface area contributed by atoms with Crippen molar-refractivity contribution in [2.24, 2.45) is 0 Å². The molecule has 1 aromatic heterocycles. The zero-order valence-electron chi connectivity index (χ0n) is 20.3. The predicted octanol–water partition coefficient (Wildman–Crippen LogP) is 7.00. The summed E-state index contributed by atoms with van der Waals surface area (Å²) in [5.41, 5.74) is 7.74. The summed E-state index contributed by atoms with van der Waals surface area (Å²) in [6.07, 6.45) is 3.87. The number of aryl methyl sites for hydroxylation is 2. The van der Waals surface area contributed by atoms with Gasteiger partial charge in [0.1, 0.15) is 6.04 Å². The molecule has 36 heavy (non-hydrogen) atoms. The lowest BCUT2D eigenvalue weighted by molar-refractivity contribution is -0.782. The molecule has 0 spiro atoms. The van der Waals surface area contributed by atoms with E-state index in [1.807, 2.05) is 43.3 Å². The van der Waals surface area contributed by atoms with E-state index in [0.29, 0.717) is 6.54 Å². The van der Waals surface area contributed by atoms with Crippen LogP contribution in [0.2, 0.25) is 0 Å². The van der Waals surface area contributed by atoms with Crippen LogP contribution < -0.4 is 5.32 Å². The van der Waals surface area contributed by atoms with Crippen molar-refractivity contribution in [3.05, 3.63) is 87.9 Å². The Morgan fingerprint density at radius 2 is 1.89 bits per heavy atom. The number of quaternary nitrogens is 1. The maximum atomic E-state index is 13.7. The molecule has 3 aromatic carbocycles. The molecule has 1 unspecified atom stereocenters. The van der Waals surface area contributed by atoms with Gasteiger partial charge in [0.2, 0.25) is 0 Å². The zero-order valence-corrected chi connectivity index (χ0v) is 21.9. The van der Waals surface area contributed by atoms with Gasteiger partial charge in [-0.15, -0.1) is 0 Å². The molecule has 2 heterocycles. The molecule has 2 N–H and O–H groups in total. The molecule has 1 aliphatic heterocycles. The summed E-state index contributed by atoms with van der Waals surface area (Å²) in [5.74, 6) is -0.0319. The van der Waals surface area contributed by atoms with Crippen LogP contribution in [0.15, 0.2) is 71.2 Å². The molecule has 0 bridgehead atoms. The second kappa shape index (κ2) is 9.02. The average molecular weight is 543 g/mol. The van der Waals surface area contributed by atoms with Crippen LogP contribution in [0.25, 0.3) is 22.2 Å². The number of H-pyrrole nitrogens is 1. The molecule has 6 rings (SSSR count). The van der Waals surface area contributed by atoms with Gasteiger partial charge in [-0.05, 0) is 66.8 Å². The minimum Gasteiger partial charge on any atom is -0.354 e. The zero-order chi connectivity index (χ0) is 24.9. The SMILES string of the molecule is C[C@@H]1CCC[N+]1(C(=O)Cc1ccccc1)C(=O)Nc1ccc2c(c1)CCc1c-2[nH]c2ccc(Br)cc12. The summed E-state index contributed by atoms with van der Waals surface area (Å²) in [7, 11) is 0. The second-order valence-electron chi connectivity index (χ2n) is 10.1. The van der Waals surface area contributed by atoms with E-state index in [0.717, 1.165) is 52.6 Å². The summed E-state index contributed by atoms with van der Waals surface area (Å²) in [4.78, 5) is 30.9. The van der Waals surface area contributed by atoms with Gasteiger partial charge in [0.15, 0.2) is 0 Å². The normalized spacial score (nSPS) is 20.7. The Morgan fingerprint density at radius 1 is 1.06 bits per heavy atom. The van der Waals surface area contributed by atoms with E-state index in [1.165, 1.54) is 22.1 Å². The van der Waals surface area contributed by atoms with Gasteiger partial charge in [0.05, 0.1) is 13.0 Å². The van der Waals surface area contributed by atoms with Crippen LogP contribution in [0, 0.1) is 0 Å². The summed E-state index contributed by atoms with van der Waals surface area (Å²) in [6.45, 7) is 2.58. The molecule has 3 amide bonds. The first-order chi connectivity index (χ1) is 17.5. The molecule has 2 atom stereocenters. The van der Waals surface area contributed by atoms with Crippen molar-refractivity contribution < 1.29 is 14.1 Å². The number of hydrogen-bond donors (Lipinski definition) is 2. The van der Waals surface area contributed by atoms with Crippen molar-refractivity contribution in [2.45, 2.75) is 45.1 Å². The summed E-state index contributed by atoms with van der Waals surface area (Å²) >= 11 is 3.59. The first kappa shape index (κ1) is 23.2. The van der Waals surface area contributed by atoms with E-state index in [9.17, 15) is 9.59 Å². The smallest absolute Gasteiger partial charge is 0.354 e. The highest BCUT2D eigenvalue weighted by Gasteiger charge is 2.52. The topological polar surface area (TPSA) is 62.0 Å². The maximum Gasteiger partial charge on any atom is 0.428 e. The summed E-state index contributed by atoms with van der Waals surface area (Å²) < 4.78 is 0.947. The molecule has 4 aromatic rings. The van der Waals surface area contributed by atoms with Crippen molar-refractivity contribution >= 4 is 44.5 Å². The number of hydrogen-bond acceptors (Lipinski definition) is 2. The van der Waals surface area contributed by atoms with Crippen molar-refractivity contribution in [2.75, 3.05) is 11.9 Å². The summed E-state index contributed by atoms with van der Waals surface area (Å²) in [5, 5.41) is 4.38. The first-order valence-corrected chi connectivity index (χ1v) is 13.4. The van der Waals surface area contributed by atoms with E-state index in [2.05, 4.69) is 56.6 Å². The van der Waals surface area contributed by atoms with Crippen LogP contribution in [0.3, 0.4) is 0 Å². The van der Waals surface area contributed by atoms with E-state index in [4.69, 9.17) is 0 Å². The van der Waals surface area contributed by atoms with Gasteiger partial charge in [0.25, 0.3) is 0 Å². The fraction of sp³-hybridized carbons (Fsp3) is 0.267. The van der Waals surface area contributed by atoms with Gasteiger partial charge < -0.3 is 4.98 Å². The lowest BCUT2D eigenvalue weighted by Crippen LogP contribution is -2.61. The van der Waals surface area contributed by atoms with Gasteiger partial charge in [-0.1, -0.05) is 52.3 Å². The van der Waals surface area contributed by atoms with E-state index in [-0.39, 0.29) is 28.9 Å². The predicted molar refractivity (Wildman–Crippen MR) is 147 cm³/mol. The number of anilines is 1. The quantitative estimate of drug-likeness (QED) is 0.274. The third-order valence-corrected chi connectivity index (χ3v) is 8.52. The number of rotatable bonds is 3. The second-order valence-corrected chi connectivity index (χ2v) is 11.0. The highest BCUT2D eigenvalue weighted by Crippen LogP contribution is 2.39. The van der Waals surface area contributed by atoms with Crippen molar-refractivity contribution in [3.63, 3.8) is 0 Å². The molecule has 1 aliphatic carbocycles. The number of likely N-dealkylation sites (tertiary alicyclic amines) is 1.